The van der Waals surface area contributed by atoms with Crippen molar-refractivity contribution in [1.82, 2.24) is 4.98 Å². The maximum Gasteiger partial charge on any atom is 0.573 e. The van der Waals surface area contributed by atoms with Gasteiger partial charge in [0.1, 0.15) is 11.5 Å². The van der Waals surface area contributed by atoms with E-state index in [1.807, 2.05) is 0 Å². The zero-order valence-electron chi connectivity index (χ0n) is 15.6. The van der Waals surface area contributed by atoms with Crippen LogP contribution in [0.15, 0.2) is 60.8 Å². The summed E-state index contributed by atoms with van der Waals surface area (Å²) < 4.78 is 51.9. The molecule has 1 amide bonds. The number of benzene rings is 2. The Labute approximate surface area is 173 Å². The van der Waals surface area contributed by atoms with Crippen LogP contribution in [0.25, 0.3) is 0 Å². The van der Waals surface area contributed by atoms with Crippen molar-refractivity contribution in [2.75, 3.05) is 5.32 Å². The summed E-state index contributed by atoms with van der Waals surface area (Å²) in [5.74, 6) is -0.707. The van der Waals surface area contributed by atoms with Crippen molar-refractivity contribution in [3.8, 4) is 23.0 Å². The molecule has 0 atom stereocenters. The molecule has 3 aromatic rings. The molecule has 0 radical (unpaired) electrons. The minimum Gasteiger partial charge on any atom is -0.453 e. The number of fused-ring (bicyclic) bond motifs is 1. The second-order valence-corrected chi connectivity index (χ2v) is 6.40. The molecular weight excluding hydrogens is 417 g/mol. The van der Waals surface area contributed by atoms with Gasteiger partial charge in [-0.3, -0.25) is 14.6 Å². The molecule has 10 heteroatoms. The highest BCUT2D eigenvalue weighted by Gasteiger charge is 2.31. The molecule has 31 heavy (non-hydrogen) atoms. The SMILES string of the molecule is O=C1Cc2nccc(Oc3cccc(NC(=O)c4cccc(OC(F)(F)F)c4)c3)c2O1. The summed E-state index contributed by atoms with van der Waals surface area (Å²) in [4.78, 5) is 28.0. The normalized spacial score (nSPS) is 12.7. The van der Waals surface area contributed by atoms with Gasteiger partial charge in [0, 0.05) is 29.6 Å². The van der Waals surface area contributed by atoms with Crippen molar-refractivity contribution < 1.29 is 37.0 Å². The second kappa shape index (κ2) is 7.98. The van der Waals surface area contributed by atoms with E-state index in [0.717, 1.165) is 12.1 Å². The number of nitrogens with one attached hydrogen (secondary N) is 1. The molecule has 7 nitrogen and oxygen atoms in total. The Kier molecular flexibility index (Phi) is 5.20. The van der Waals surface area contributed by atoms with E-state index in [1.54, 1.807) is 18.2 Å². The molecule has 1 aromatic heterocycles. The summed E-state index contributed by atoms with van der Waals surface area (Å²) in [6.07, 6.45) is -3.32. The molecule has 0 aliphatic carbocycles. The number of carbonyl (C=O) groups excluding carboxylic acids is 2. The van der Waals surface area contributed by atoms with Crippen molar-refractivity contribution in [3.05, 3.63) is 72.1 Å². The highest BCUT2D eigenvalue weighted by Crippen LogP contribution is 2.37. The first kappa shape index (κ1) is 20.2. The van der Waals surface area contributed by atoms with Crippen molar-refractivity contribution in [2.45, 2.75) is 12.8 Å². The van der Waals surface area contributed by atoms with E-state index in [-0.39, 0.29) is 23.5 Å². The molecule has 2 aromatic carbocycles. The Balaban J connectivity index is 1.49. The van der Waals surface area contributed by atoms with Crippen molar-refractivity contribution in [3.63, 3.8) is 0 Å². The number of rotatable bonds is 5. The lowest BCUT2D eigenvalue weighted by atomic mass is 10.2. The van der Waals surface area contributed by atoms with Gasteiger partial charge in [-0.1, -0.05) is 12.1 Å². The molecule has 0 spiro atoms. The average molecular weight is 430 g/mol. The zero-order chi connectivity index (χ0) is 22.0. The lowest BCUT2D eigenvalue weighted by Crippen LogP contribution is -2.18. The predicted molar refractivity (Wildman–Crippen MR) is 101 cm³/mol. The van der Waals surface area contributed by atoms with Gasteiger partial charge in [-0.25, -0.2) is 0 Å². The third-order valence-corrected chi connectivity index (χ3v) is 4.12. The summed E-state index contributed by atoms with van der Waals surface area (Å²) in [7, 11) is 0. The Morgan fingerprint density at radius 3 is 2.65 bits per heavy atom. The van der Waals surface area contributed by atoms with E-state index in [4.69, 9.17) is 9.47 Å². The van der Waals surface area contributed by atoms with Crippen molar-refractivity contribution in [1.29, 1.82) is 0 Å². The predicted octanol–water partition coefficient (Wildman–Crippen LogP) is 4.49. The molecule has 0 saturated heterocycles. The summed E-state index contributed by atoms with van der Waals surface area (Å²) in [5.41, 5.74) is 0.784. The highest BCUT2D eigenvalue weighted by atomic mass is 19.4. The van der Waals surface area contributed by atoms with Gasteiger partial charge in [0.15, 0.2) is 11.5 Å². The quantitative estimate of drug-likeness (QED) is 0.601. The number of pyridine rings is 1. The fraction of sp³-hybridized carbons (Fsp3) is 0.0952. The smallest absolute Gasteiger partial charge is 0.453 e. The minimum atomic E-state index is -4.86. The van der Waals surface area contributed by atoms with Crippen molar-refractivity contribution >= 4 is 17.6 Å². The van der Waals surface area contributed by atoms with Crippen LogP contribution in [0.5, 0.6) is 23.0 Å². The standard InChI is InChI=1S/C21H13F3N2O5/c22-21(23,24)31-15-6-1-3-12(9-15)20(28)26-13-4-2-5-14(10-13)29-17-7-8-25-16-11-18(27)30-19(16)17/h1-10H,11H2,(H,26,28). The number of esters is 1. The molecule has 0 fully saturated rings. The molecular formula is C21H13F3N2O5. The number of aromatic nitrogens is 1. The topological polar surface area (TPSA) is 86.8 Å². The maximum atomic E-state index is 12.4. The van der Waals surface area contributed by atoms with E-state index in [2.05, 4.69) is 15.0 Å². The molecule has 2 heterocycles. The number of amides is 1. The molecule has 158 valence electrons. The molecule has 0 saturated carbocycles. The molecule has 4 rings (SSSR count). The first-order chi connectivity index (χ1) is 14.8. The number of ether oxygens (including phenoxy) is 3. The lowest BCUT2D eigenvalue weighted by molar-refractivity contribution is -0.274. The fourth-order valence-corrected chi connectivity index (χ4v) is 2.88. The van der Waals surface area contributed by atoms with Gasteiger partial charge >= 0.3 is 12.3 Å². The number of carbonyl (C=O) groups is 2. The Morgan fingerprint density at radius 2 is 1.84 bits per heavy atom. The third kappa shape index (κ3) is 4.92. The molecule has 0 unspecified atom stereocenters. The molecule has 1 N–H and O–H groups in total. The van der Waals surface area contributed by atoms with E-state index in [0.29, 0.717) is 17.1 Å². The third-order valence-electron chi connectivity index (χ3n) is 4.12. The summed E-state index contributed by atoms with van der Waals surface area (Å²) in [6, 6.07) is 12.6. The number of anilines is 1. The van der Waals surface area contributed by atoms with Crippen LogP contribution in [0, 0.1) is 0 Å². The zero-order valence-corrected chi connectivity index (χ0v) is 15.6. The van der Waals surface area contributed by atoms with E-state index in [9.17, 15) is 22.8 Å². The van der Waals surface area contributed by atoms with E-state index in [1.165, 1.54) is 30.5 Å². The van der Waals surface area contributed by atoms with Crippen LogP contribution in [0.3, 0.4) is 0 Å². The number of hydrogen-bond donors (Lipinski definition) is 1. The number of nitrogens with zero attached hydrogens (tertiary/aromatic N) is 1. The Bertz CT molecular complexity index is 1160. The second-order valence-electron chi connectivity index (χ2n) is 6.40. The lowest BCUT2D eigenvalue weighted by Gasteiger charge is -2.12. The van der Waals surface area contributed by atoms with Crippen LogP contribution in [0.4, 0.5) is 18.9 Å². The maximum absolute atomic E-state index is 12.4. The van der Waals surface area contributed by atoms with Crippen LogP contribution < -0.4 is 19.5 Å². The van der Waals surface area contributed by atoms with Gasteiger partial charge in [0.05, 0.1) is 12.1 Å². The molecule has 1 aliphatic heterocycles. The average Bonchev–Trinajstić information content (AvgIpc) is 3.08. The Morgan fingerprint density at radius 1 is 1.06 bits per heavy atom. The first-order valence-corrected chi connectivity index (χ1v) is 8.90. The highest BCUT2D eigenvalue weighted by molar-refractivity contribution is 6.04. The van der Waals surface area contributed by atoms with Crippen LogP contribution in [0.2, 0.25) is 0 Å². The van der Waals surface area contributed by atoms with Crippen LogP contribution in [-0.2, 0) is 11.2 Å². The fourth-order valence-electron chi connectivity index (χ4n) is 2.88. The van der Waals surface area contributed by atoms with Gasteiger partial charge in [0.25, 0.3) is 5.91 Å². The Hall–Kier alpha value is -4.08. The monoisotopic (exact) mass is 430 g/mol. The molecule has 1 aliphatic rings. The van der Waals surface area contributed by atoms with E-state index < -0.39 is 24.0 Å². The largest absolute Gasteiger partial charge is 0.573 e. The van der Waals surface area contributed by atoms with Gasteiger partial charge in [-0.15, -0.1) is 13.2 Å². The van der Waals surface area contributed by atoms with Gasteiger partial charge in [-0.2, -0.15) is 0 Å². The van der Waals surface area contributed by atoms with Crippen LogP contribution >= 0.6 is 0 Å². The van der Waals surface area contributed by atoms with Crippen LogP contribution in [-0.4, -0.2) is 23.2 Å². The van der Waals surface area contributed by atoms with Gasteiger partial charge in [-0.05, 0) is 30.3 Å². The number of alkyl halides is 3. The first-order valence-electron chi connectivity index (χ1n) is 8.90. The van der Waals surface area contributed by atoms with E-state index >= 15 is 0 Å². The van der Waals surface area contributed by atoms with Gasteiger partial charge < -0.3 is 19.5 Å². The summed E-state index contributed by atoms with van der Waals surface area (Å²) in [5, 5.41) is 2.58. The summed E-state index contributed by atoms with van der Waals surface area (Å²) >= 11 is 0. The summed E-state index contributed by atoms with van der Waals surface area (Å²) in [6.45, 7) is 0. The van der Waals surface area contributed by atoms with Gasteiger partial charge in [0.2, 0.25) is 0 Å². The molecule has 0 bridgehead atoms. The van der Waals surface area contributed by atoms with Crippen molar-refractivity contribution in [2.24, 2.45) is 0 Å². The number of hydrogen-bond acceptors (Lipinski definition) is 6. The minimum absolute atomic E-state index is 0.0214. The number of halogens is 3. The van der Waals surface area contributed by atoms with Crippen LogP contribution in [0.1, 0.15) is 16.1 Å².